The normalized spacial score (nSPS) is 21.4. The highest BCUT2D eigenvalue weighted by atomic mass is 16.6. The topological polar surface area (TPSA) is 92.6 Å². The number of oxazole rings is 1. The second-order valence-corrected chi connectivity index (χ2v) is 6.58. The largest absolute Gasteiger partial charge is 0.441 e. The molecule has 0 spiro atoms. The van der Waals surface area contributed by atoms with Gasteiger partial charge >= 0.3 is 0 Å². The van der Waals surface area contributed by atoms with E-state index in [2.05, 4.69) is 16.8 Å². The third kappa shape index (κ3) is 4.05. The van der Waals surface area contributed by atoms with E-state index in [1.807, 2.05) is 0 Å². The van der Waals surface area contributed by atoms with Gasteiger partial charge in [0.25, 0.3) is 5.69 Å². The molecule has 2 heterocycles. The molecule has 0 saturated carbocycles. The lowest BCUT2D eigenvalue weighted by Crippen LogP contribution is -2.47. The van der Waals surface area contributed by atoms with Gasteiger partial charge in [0.2, 0.25) is 0 Å². The molecule has 1 aromatic carbocycles. The number of aliphatic hydroxyl groups is 1. The van der Waals surface area contributed by atoms with Gasteiger partial charge in [-0.25, -0.2) is 4.98 Å². The maximum Gasteiger partial charge on any atom is 0.270 e. The van der Waals surface area contributed by atoms with Gasteiger partial charge in [0.15, 0.2) is 11.7 Å². The van der Waals surface area contributed by atoms with Gasteiger partial charge in [-0.3, -0.25) is 15.0 Å². The van der Waals surface area contributed by atoms with E-state index in [0.717, 1.165) is 25.9 Å². The lowest BCUT2D eigenvalue weighted by atomic mass is 9.91. The van der Waals surface area contributed by atoms with Crippen molar-refractivity contribution in [2.75, 3.05) is 19.7 Å². The molecule has 134 valence electrons. The Morgan fingerprint density at radius 1 is 1.48 bits per heavy atom. The highest BCUT2D eigenvalue weighted by molar-refractivity contribution is 5.60. The summed E-state index contributed by atoms with van der Waals surface area (Å²) in [6.07, 6.45) is 4.55. The zero-order valence-corrected chi connectivity index (χ0v) is 14.3. The van der Waals surface area contributed by atoms with Crippen LogP contribution in [0, 0.1) is 16.0 Å². The number of nitro benzene ring substituents is 1. The van der Waals surface area contributed by atoms with Gasteiger partial charge in [0, 0.05) is 36.7 Å². The molecule has 2 aromatic rings. The highest BCUT2D eigenvalue weighted by Crippen LogP contribution is 2.26. The minimum absolute atomic E-state index is 0.0311. The molecule has 2 unspecified atom stereocenters. The van der Waals surface area contributed by atoms with E-state index in [1.165, 1.54) is 12.1 Å². The Morgan fingerprint density at radius 3 is 3.08 bits per heavy atom. The third-order valence-corrected chi connectivity index (χ3v) is 4.93. The molecule has 0 bridgehead atoms. The van der Waals surface area contributed by atoms with Gasteiger partial charge in [0.1, 0.15) is 0 Å². The Bertz CT molecular complexity index is 731. The second-order valence-electron chi connectivity index (χ2n) is 6.58. The molecule has 1 fully saturated rings. The van der Waals surface area contributed by atoms with Crippen LogP contribution in [0.3, 0.4) is 0 Å². The monoisotopic (exact) mass is 345 g/mol. The van der Waals surface area contributed by atoms with Crippen LogP contribution in [0.1, 0.15) is 25.7 Å². The predicted octanol–water partition coefficient (Wildman–Crippen LogP) is 2.89. The molecular weight excluding hydrogens is 322 g/mol. The van der Waals surface area contributed by atoms with Gasteiger partial charge in [-0.05, 0) is 25.3 Å². The Balaban J connectivity index is 1.66. The van der Waals surface area contributed by atoms with Crippen LogP contribution < -0.4 is 0 Å². The fraction of sp³-hybridized carbons (Fsp3) is 0.500. The molecule has 1 N–H and O–H groups in total. The van der Waals surface area contributed by atoms with Crippen LogP contribution in [0.4, 0.5) is 5.69 Å². The number of likely N-dealkylation sites (tertiary alicyclic amines) is 1. The summed E-state index contributed by atoms with van der Waals surface area (Å²) in [4.78, 5) is 17.1. The first kappa shape index (κ1) is 17.6. The lowest BCUT2D eigenvalue weighted by molar-refractivity contribution is -0.384. The molecule has 1 aliphatic rings. The van der Waals surface area contributed by atoms with Crippen LogP contribution >= 0.6 is 0 Å². The Morgan fingerprint density at radius 2 is 2.32 bits per heavy atom. The Hall–Kier alpha value is -2.25. The van der Waals surface area contributed by atoms with Crippen molar-refractivity contribution >= 4 is 5.69 Å². The number of hydrogen-bond acceptors (Lipinski definition) is 6. The minimum atomic E-state index is -0.423. The van der Waals surface area contributed by atoms with Crippen LogP contribution in [0.5, 0.6) is 0 Å². The Labute approximate surface area is 146 Å². The first-order valence-corrected chi connectivity index (χ1v) is 8.63. The number of rotatable bonds is 6. The molecule has 25 heavy (non-hydrogen) atoms. The van der Waals surface area contributed by atoms with Gasteiger partial charge in [0.05, 0.1) is 17.7 Å². The molecule has 7 nitrogen and oxygen atoms in total. The zero-order chi connectivity index (χ0) is 17.8. The summed E-state index contributed by atoms with van der Waals surface area (Å²) in [6, 6.07) is 6.54. The van der Waals surface area contributed by atoms with E-state index in [9.17, 15) is 15.2 Å². The number of hydrogen-bond donors (Lipinski definition) is 1. The number of benzene rings is 1. The summed E-state index contributed by atoms with van der Waals surface area (Å²) in [5.41, 5.74) is 0.677. The molecule has 0 radical (unpaired) electrons. The SMILES string of the molecule is CC1CCCN(CCc2ncc(-c3cccc([N+](=O)[O-])c3)o2)C1CO. The highest BCUT2D eigenvalue weighted by Gasteiger charge is 2.27. The van der Waals surface area contributed by atoms with E-state index in [1.54, 1.807) is 18.3 Å². The summed E-state index contributed by atoms with van der Waals surface area (Å²) >= 11 is 0. The van der Waals surface area contributed by atoms with Crippen molar-refractivity contribution in [1.29, 1.82) is 0 Å². The lowest BCUT2D eigenvalue weighted by Gasteiger charge is -2.38. The van der Waals surface area contributed by atoms with Crippen molar-refractivity contribution in [1.82, 2.24) is 9.88 Å². The molecule has 2 atom stereocenters. The summed E-state index contributed by atoms with van der Waals surface area (Å²) < 4.78 is 5.77. The fourth-order valence-electron chi connectivity index (χ4n) is 3.48. The number of aliphatic hydroxyl groups excluding tert-OH is 1. The Kier molecular flexibility index (Phi) is 5.45. The average molecular weight is 345 g/mol. The van der Waals surface area contributed by atoms with Crippen molar-refractivity contribution in [3.8, 4) is 11.3 Å². The van der Waals surface area contributed by atoms with Crippen molar-refractivity contribution in [2.24, 2.45) is 5.92 Å². The molecule has 1 saturated heterocycles. The van der Waals surface area contributed by atoms with Crippen LogP contribution in [-0.2, 0) is 6.42 Å². The summed E-state index contributed by atoms with van der Waals surface area (Å²) in [5.74, 6) is 1.63. The average Bonchev–Trinajstić information content (AvgIpc) is 3.09. The number of nitro groups is 1. The van der Waals surface area contributed by atoms with E-state index in [-0.39, 0.29) is 18.3 Å². The van der Waals surface area contributed by atoms with E-state index < -0.39 is 4.92 Å². The quantitative estimate of drug-likeness (QED) is 0.639. The van der Waals surface area contributed by atoms with Gasteiger partial charge in [-0.2, -0.15) is 0 Å². The van der Waals surface area contributed by atoms with Crippen molar-refractivity contribution in [3.63, 3.8) is 0 Å². The molecule has 1 aliphatic heterocycles. The molecule has 3 rings (SSSR count). The van der Waals surface area contributed by atoms with Gasteiger partial charge < -0.3 is 9.52 Å². The maximum atomic E-state index is 10.9. The number of nitrogens with zero attached hydrogens (tertiary/aromatic N) is 3. The molecule has 0 amide bonds. The number of piperidine rings is 1. The van der Waals surface area contributed by atoms with Crippen LogP contribution in [-0.4, -0.2) is 45.7 Å². The molecular formula is C18H23N3O4. The van der Waals surface area contributed by atoms with Crippen LogP contribution in [0.25, 0.3) is 11.3 Å². The van der Waals surface area contributed by atoms with Crippen LogP contribution in [0.15, 0.2) is 34.9 Å². The zero-order valence-electron chi connectivity index (χ0n) is 14.3. The van der Waals surface area contributed by atoms with E-state index in [4.69, 9.17) is 4.42 Å². The first-order valence-electron chi connectivity index (χ1n) is 8.63. The minimum Gasteiger partial charge on any atom is -0.441 e. The van der Waals surface area contributed by atoms with Crippen molar-refractivity contribution in [3.05, 3.63) is 46.5 Å². The summed E-state index contributed by atoms with van der Waals surface area (Å²) in [6.45, 7) is 4.11. The number of aromatic nitrogens is 1. The smallest absolute Gasteiger partial charge is 0.270 e. The van der Waals surface area contributed by atoms with E-state index >= 15 is 0 Å². The molecule has 1 aromatic heterocycles. The van der Waals surface area contributed by atoms with E-state index in [0.29, 0.717) is 29.6 Å². The third-order valence-electron chi connectivity index (χ3n) is 4.93. The number of non-ortho nitro benzene ring substituents is 1. The summed E-state index contributed by atoms with van der Waals surface area (Å²) in [7, 11) is 0. The molecule has 7 heteroatoms. The standard InChI is InChI=1S/C18H23N3O4/c1-13-4-3-8-20(16(13)12-22)9-7-18-19-11-17(25-18)14-5-2-6-15(10-14)21(23)24/h2,5-6,10-11,13,16,22H,3-4,7-9,12H2,1H3. The fourth-order valence-corrected chi connectivity index (χ4v) is 3.48. The predicted molar refractivity (Wildman–Crippen MR) is 93.1 cm³/mol. The van der Waals surface area contributed by atoms with Gasteiger partial charge in [-0.15, -0.1) is 0 Å². The van der Waals surface area contributed by atoms with Crippen molar-refractivity contribution in [2.45, 2.75) is 32.2 Å². The van der Waals surface area contributed by atoms with Crippen LogP contribution in [0.2, 0.25) is 0 Å². The second kappa shape index (κ2) is 7.76. The first-order chi connectivity index (χ1) is 12.1. The summed E-state index contributed by atoms with van der Waals surface area (Å²) in [5, 5.41) is 20.5. The molecule has 0 aliphatic carbocycles. The van der Waals surface area contributed by atoms with Gasteiger partial charge in [-0.1, -0.05) is 19.1 Å². The maximum absolute atomic E-state index is 10.9. The van der Waals surface area contributed by atoms with Crippen molar-refractivity contribution < 1.29 is 14.4 Å².